The number of hydrogen-bond donors (Lipinski definition) is 2. The van der Waals surface area contributed by atoms with Gasteiger partial charge in [0.25, 0.3) is 0 Å². The van der Waals surface area contributed by atoms with Gasteiger partial charge in [-0.2, -0.15) is 11.3 Å². The maximum atomic E-state index is 5.93. The smallest absolute Gasteiger partial charge is 0.0493 e. The second kappa shape index (κ2) is 4.07. The summed E-state index contributed by atoms with van der Waals surface area (Å²) in [6.07, 6.45) is 3.57. The normalized spacial score (nSPS) is 10.6. The van der Waals surface area contributed by atoms with Crippen molar-refractivity contribution < 1.29 is 0 Å². The number of rotatable bonds is 2. The van der Waals surface area contributed by atoms with E-state index in [4.69, 9.17) is 5.73 Å². The lowest BCUT2D eigenvalue weighted by Crippen LogP contribution is -1.93. The number of pyridine rings is 1. The third-order valence-electron chi connectivity index (χ3n) is 2.65. The Morgan fingerprint density at radius 3 is 2.88 bits per heavy atom. The molecule has 0 aliphatic carbocycles. The molecule has 0 radical (unpaired) electrons. The molecule has 84 valence electrons. The largest absolute Gasteiger partial charge is 0.398 e. The summed E-state index contributed by atoms with van der Waals surface area (Å²) in [7, 11) is 0. The van der Waals surface area contributed by atoms with Gasteiger partial charge in [0.05, 0.1) is 0 Å². The van der Waals surface area contributed by atoms with Gasteiger partial charge in [-0.15, -0.1) is 0 Å². The monoisotopic (exact) mass is 241 g/mol. The zero-order chi connectivity index (χ0) is 11.7. The van der Waals surface area contributed by atoms with E-state index in [9.17, 15) is 0 Å². The number of nitrogen functional groups attached to an aromatic ring is 1. The molecule has 3 rings (SSSR count). The lowest BCUT2D eigenvalue weighted by molar-refractivity contribution is 1.36. The van der Waals surface area contributed by atoms with Crippen molar-refractivity contribution in [3.8, 4) is 0 Å². The first-order chi connectivity index (χ1) is 8.34. The Morgan fingerprint density at radius 2 is 2.06 bits per heavy atom. The molecule has 0 atom stereocenters. The summed E-state index contributed by atoms with van der Waals surface area (Å²) in [5.74, 6) is 0. The fourth-order valence-corrected chi connectivity index (χ4v) is 2.40. The van der Waals surface area contributed by atoms with Gasteiger partial charge in [-0.25, -0.2) is 0 Å². The molecule has 0 bridgehead atoms. The Kier molecular flexibility index (Phi) is 2.42. The van der Waals surface area contributed by atoms with Crippen molar-refractivity contribution in [2.24, 2.45) is 0 Å². The van der Waals surface area contributed by atoms with Gasteiger partial charge in [-0.1, -0.05) is 0 Å². The molecule has 17 heavy (non-hydrogen) atoms. The van der Waals surface area contributed by atoms with Gasteiger partial charge in [-0.05, 0) is 29.6 Å². The maximum absolute atomic E-state index is 5.93. The van der Waals surface area contributed by atoms with Crippen LogP contribution < -0.4 is 11.1 Å². The van der Waals surface area contributed by atoms with Gasteiger partial charge in [0.2, 0.25) is 0 Å². The first-order valence-electron chi connectivity index (χ1n) is 5.26. The van der Waals surface area contributed by atoms with Crippen molar-refractivity contribution in [2.45, 2.75) is 0 Å². The molecular weight excluding hydrogens is 230 g/mol. The highest BCUT2D eigenvalue weighted by Crippen LogP contribution is 2.30. The first-order valence-corrected chi connectivity index (χ1v) is 6.20. The zero-order valence-corrected chi connectivity index (χ0v) is 9.87. The lowest BCUT2D eigenvalue weighted by atomic mass is 10.1. The first kappa shape index (κ1) is 10.1. The minimum atomic E-state index is 0.754. The second-order valence-electron chi connectivity index (χ2n) is 3.76. The summed E-state index contributed by atoms with van der Waals surface area (Å²) >= 11 is 1.67. The van der Waals surface area contributed by atoms with E-state index >= 15 is 0 Å². The Labute approximate surface area is 103 Å². The number of thiophene rings is 1. The van der Waals surface area contributed by atoms with Crippen LogP contribution in [0.15, 0.2) is 47.4 Å². The number of fused-ring (bicyclic) bond motifs is 1. The van der Waals surface area contributed by atoms with Crippen LogP contribution >= 0.6 is 11.3 Å². The number of nitrogens with zero attached hydrogens (tertiary/aromatic N) is 1. The molecule has 4 heteroatoms. The van der Waals surface area contributed by atoms with Crippen LogP contribution in [0, 0.1) is 0 Å². The molecule has 0 unspecified atom stereocenters. The van der Waals surface area contributed by atoms with E-state index in [1.165, 1.54) is 0 Å². The van der Waals surface area contributed by atoms with Crippen LogP contribution in [0.4, 0.5) is 17.1 Å². The highest BCUT2D eigenvalue weighted by Gasteiger charge is 2.04. The summed E-state index contributed by atoms with van der Waals surface area (Å²) in [4.78, 5) is 4.11. The number of benzene rings is 1. The summed E-state index contributed by atoms with van der Waals surface area (Å²) < 4.78 is 0. The summed E-state index contributed by atoms with van der Waals surface area (Å²) in [5, 5.41) is 9.57. The fourth-order valence-electron chi connectivity index (χ4n) is 1.81. The van der Waals surface area contributed by atoms with Gasteiger partial charge < -0.3 is 11.1 Å². The van der Waals surface area contributed by atoms with Gasteiger partial charge in [0.15, 0.2) is 0 Å². The highest BCUT2D eigenvalue weighted by molar-refractivity contribution is 7.08. The molecule has 3 aromatic rings. The Hall–Kier alpha value is -2.07. The van der Waals surface area contributed by atoms with Crippen LogP contribution in [0.5, 0.6) is 0 Å². The molecule has 0 fully saturated rings. The molecule has 0 aliphatic heterocycles. The molecule has 2 aromatic heterocycles. The van der Waals surface area contributed by atoms with Gasteiger partial charge >= 0.3 is 0 Å². The van der Waals surface area contributed by atoms with E-state index in [1.807, 2.05) is 29.6 Å². The molecule has 0 saturated heterocycles. The molecule has 0 aliphatic rings. The standard InChI is InChI=1S/C13H11N3S/c14-12-1-2-13(16-9-4-6-17-8-9)10-3-5-15-7-11(10)12/h1-8,16H,14H2. The summed E-state index contributed by atoms with van der Waals surface area (Å²) in [6, 6.07) is 7.92. The minimum absolute atomic E-state index is 0.754. The average Bonchev–Trinajstić information content (AvgIpc) is 2.86. The number of aromatic nitrogens is 1. The van der Waals surface area contributed by atoms with E-state index in [0.717, 1.165) is 27.8 Å². The summed E-state index contributed by atoms with van der Waals surface area (Å²) in [6.45, 7) is 0. The van der Waals surface area contributed by atoms with Gasteiger partial charge in [0, 0.05) is 45.6 Å². The molecule has 0 spiro atoms. The van der Waals surface area contributed by atoms with Crippen molar-refractivity contribution in [1.82, 2.24) is 4.98 Å². The second-order valence-corrected chi connectivity index (χ2v) is 4.54. The predicted octanol–water partition coefficient (Wildman–Crippen LogP) is 3.62. The van der Waals surface area contributed by atoms with E-state index in [-0.39, 0.29) is 0 Å². The number of hydrogen-bond acceptors (Lipinski definition) is 4. The topological polar surface area (TPSA) is 50.9 Å². The SMILES string of the molecule is Nc1ccc(Nc2ccsc2)c2ccncc12. The third kappa shape index (κ3) is 1.83. The van der Waals surface area contributed by atoms with Crippen LogP contribution in [-0.2, 0) is 0 Å². The van der Waals surface area contributed by atoms with Crippen molar-refractivity contribution in [3.63, 3.8) is 0 Å². The highest BCUT2D eigenvalue weighted by atomic mass is 32.1. The van der Waals surface area contributed by atoms with E-state index in [1.54, 1.807) is 23.7 Å². The van der Waals surface area contributed by atoms with Gasteiger partial charge in [-0.3, -0.25) is 4.98 Å². The average molecular weight is 241 g/mol. The number of nitrogens with one attached hydrogen (secondary N) is 1. The quantitative estimate of drug-likeness (QED) is 0.674. The molecule has 3 nitrogen and oxygen atoms in total. The molecular formula is C13H11N3S. The lowest BCUT2D eigenvalue weighted by Gasteiger charge is -2.09. The van der Waals surface area contributed by atoms with Crippen molar-refractivity contribution in [3.05, 3.63) is 47.4 Å². The number of nitrogens with two attached hydrogens (primary N) is 1. The Morgan fingerprint density at radius 1 is 1.12 bits per heavy atom. The van der Waals surface area contributed by atoms with Crippen molar-refractivity contribution in [1.29, 1.82) is 0 Å². The predicted molar refractivity (Wildman–Crippen MR) is 73.8 cm³/mol. The van der Waals surface area contributed by atoms with Crippen molar-refractivity contribution in [2.75, 3.05) is 11.1 Å². The zero-order valence-electron chi connectivity index (χ0n) is 9.05. The van der Waals surface area contributed by atoms with Crippen LogP contribution in [0.25, 0.3) is 10.8 Å². The minimum Gasteiger partial charge on any atom is -0.398 e. The van der Waals surface area contributed by atoms with Gasteiger partial charge in [0.1, 0.15) is 0 Å². The molecule has 2 heterocycles. The summed E-state index contributed by atoms with van der Waals surface area (Å²) in [5.41, 5.74) is 8.83. The van der Waals surface area contributed by atoms with Crippen molar-refractivity contribution >= 4 is 39.2 Å². The van der Waals surface area contributed by atoms with Crippen LogP contribution in [-0.4, -0.2) is 4.98 Å². The van der Waals surface area contributed by atoms with E-state index in [0.29, 0.717) is 0 Å². The molecule has 1 aromatic carbocycles. The maximum Gasteiger partial charge on any atom is 0.0493 e. The van der Waals surface area contributed by atoms with Crippen LogP contribution in [0.1, 0.15) is 0 Å². The molecule has 0 saturated carbocycles. The molecule has 3 N–H and O–H groups in total. The van der Waals surface area contributed by atoms with Crippen LogP contribution in [0.3, 0.4) is 0 Å². The number of anilines is 3. The third-order valence-corrected chi connectivity index (χ3v) is 3.34. The fraction of sp³-hybridized carbons (Fsp3) is 0. The molecule has 0 amide bonds. The van der Waals surface area contributed by atoms with Crippen LogP contribution in [0.2, 0.25) is 0 Å². The van der Waals surface area contributed by atoms with E-state index in [2.05, 4.69) is 15.7 Å². The Bertz CT molecular complexity index is 647. The van der Waals surface area contributed by atoms with E-state index < -0.39 is 0 Å². The Balaban J connectivity index is 2.14.